The summed E-state index contributed by atoms with van der Waals surface area (Å²) in [6, 6.07) is 4.82. The van der Waals surface area contributed by atoms with Crippen LogP contribution in [0.1, 0.15) is 17.5 Å². The number of carbonyl (C=O) groups is 1. The molecule has 0 heterocycles. The number of ether oxygens (including phenoxy) is 1. The molecule has 0 bridgehead atoms. The smallest absolute Gasteiger partial charge is 0.417 e. The van der Waals surface area contributed by atoms with Gasteiger partial charge in [0.1, 0.15) is 0 Å². The van der Waals surface area contributed by atoms with Crippen LogP contribution in [0.3, 0.4) is 0 Å². The number of methoxy groups -OCH3 is 1. The van der Waals surface area contributed by atoms with E-state index in [1.54, 1.807) is 11.9 Å². The van der Waals surface area contributed by atoms with Crippen LogP contribution in [0, 0.1) is 11.3 Å². The van der Waals surface area contributed by atoms with E-state index in [2.05, 4.69) is 4.74 Å². The lowest BCUT2D eigenvalue weighted by atomic mass is 10.1. The molecule has 0 aromatic heterocycles. The zero-order chi connectivity index (χ0) is 15.3. The van der Waals surface area contributed by atoms with E-state index < -0.39 is 23.3 Å². The number of hydrogen-bond donors (Lipinski definition) is 0. The molecular formula is C13H13F3N2O2. The molecule has 0 atom stereocenters. The van der Waals surface area contributed by atoms with Crippen molar-refractivity contribution in [1.82, 2.24) is 0 Å². The van der Waals surface area contributed by atoms with Crippen molar-refractivity contribution in [3.05, 3.63) is 29.3 Å². The standard InChI is InChI=1S/C13H13F3N2O2/c1-18(6-5-12(19)20-2)10-3-4-11(13(14,15)16)9(7-10)8-17/h3-4,7H,5-6H2,1-2H3. The fraction of sp³-hybridized carbons (Fsp3) is 0.385. The van der Waals surface area contributed by atoms with Gasteiger partial charge in [0.15, 0.2) is 0 Å². The molecule has 0 aliphatic carbocycles. The molecule has 108 valence electrons. The molecule has 0 amide bonds. The predicted molar refractivity (Wildman–Crippen MR) is 66.1 cm³/mol. The number of rotatable bonds is 4. The Morgan fingerprint density at radius 2 is 2.10 bits per heavy atom. The molecule has 0 spiro atoms. The highest BCUT2D eigenvalue weighted by Crippen LogP contribution is 2.33. The molecule has 0 aliphatic rings. The summed E-state index contributed by atoms with van der Waals surface area (Å²) < 4.78 is 42.4. The van der Waals surface area contributed by atoms with Crippen LogP contribution < -0.4 is 4.90 Å². The van der Waals surface area contributed by atoms with Crippen LogP contribution in [-0.4, -0.2) is 26.7 Å². The van der Waals surface area contributed by atoms with Crippen molar-refractivity contribution in [3.8, 4) is 6.07 Å². The number of nitriles is 1. The summed E-state index contributed by atoms with van der Waals surface area (Å²) >= 11 is 0. The molecule has 0 N–H and O–H groups in total. The second kappa shape index (κ2) is 6.28. The number of anilines is 1. The molecule has 0 radical (unpaired) electrons. The van der Waals surface area contributed by atoms with Gasteiger partial charge in [-0.3, -0.25) is 4.79 Å². The topological polar surface area (TPSA) is 53.3 Å². The monoisotopic (exact) mass is 286 g/mol. The van der Waals surface area contributed by atoms with E-state index in [1.807, 2.05) is 0 Å². The second-order valence-electron chi connectivity index (χ2n) is 4.09. The number of alkyl halides is 3. The van der Waals surface area contributed by atoms with Gasteiger partial charge in [-0.15, -0.1) is 0 Å². The Kier molecular flexibility index (Phi) is 4.97. The first kappa shape index (κ1) is 15.8. The largest absolute Gasteiger partial charge is 0.469 e. The molecule has 0 aliphatic heterocycles. The van der Waals surface area contributed by atoms with E-state index in [0.717, 1.165) is 12.1 Å². The van der Waals surface area contributed by atoms with Gasteiger partial charge in [-0.1, -0.05) is 0 Å². The van der Waals surface area contributed by atoms with E-state index in [4.69, 9.17) is 5.26 Å². The third-order valence-corrected chi connectivity index (χ3v) is 2.75. The van der Waals surface area contributed by atoms with Gasteiger partial charge in [-0.05, 0) is 18.2 Å². The van der Waals surface area contributed by atoms with Crippen LogP contribution in [0.2, 0.25) is 0 Å². The van der Waals surface area contributed by atoms with Crippen LogP contribution in [0.5, 0.6) is 0 Å². The molecule has 1 rings (SSSR count). The SMILES string of the molecule is COC(=O)CCN(C)c1ccc(C(F)(F)F)c(C#N)c1. The molecule has 0 fully saturated rings. The van der Waals surface area contributed by atoms with Crippen molar-refractivity contribution in [2.45, 2.75) is 12.6 Å². The molecular weight excluding hydrogens is 273 g/mol. The quantitative estimate of drug-likeness (QED) is 0.798. The minimum atomic E-state index is -4.56. The fourth-order valence-corrected chi connectivity index (χ4v) is 1.60. The van der Waals surface area contributed by atoms with Crippen LogP contribution in [0.25, 0.3) is 0 Å². The second-order valence-corrected chi connectivity index (χ2v) is 4.09. The zero-order valence-electron chi connectivity index (χ0n) is 11.0. The maximum absolute atomic E-state index is 12.6. The van der Waals surface area contributed by atoms with E-state index in [9.17, 15) is 18.0 Å². The molecule has 0 unspecified atom stereocenters. The number of nitrogens with zero attached hydrogens (tertiary/aromatic N) is 2. The lowest BCUT2D eigenvalue weighted by molar-refractivity contribution is -0.140. The molecule has 1 aromatic carbocycles. The van der Waals surface area contributed by atoms with Crippen LogP contribution in [0.4, 0.5) is 18.9 Å². The Bertz CT molecular complexity index is 535. The van der Waals surface area contributed by atoms with Crippen molar-refractivity contribution >= 4 is 11.7 Å². The van der Waals surface area contributed by atoms with Crippen molar-refractivity contribution in [2.24, 2.45) is 0 Å². The summed E-state index contributed by atoms with van der Waals surface area (Å²) in [4.78, 5) is 12.6. The molecule has 20 heavy (non-hydrogen) atoms. The number of halogens is 3. The molecule has 7 heteroatoms. The van der Waals surface area contributed by atoms with Gasteiger partial charge in [-0.2, -0.15) is 18.4 Å². The summed E-state index contributed by atoms with van der Waals surface area (Å²) in [5, 5.41) is 8.80. The number of benzene rings is 1. The van der Waals surface area contributed by atoms with Gasteiger partial charge in [0.05, 0.1) is 30.7 Å². The maximum Gasteiger partial charge on any atom is 0.417 e. The lowest BCUT2D eigenvalue weighted by Gasteiger charge is -2.20. The average Bonchev–Trinajstić information content (AvgIpc) is 2.42. The van der Waals surface area contributed by atoms with Crippen LogP contribution in [0.15, 0.2) is 18.2 Å². The first-order valence-corrected chi connectivity index (χ1v) is 5.69. The molecule has 0 saturated carbocycles. The molecule has 0 saturated heterocycles. The van der Waals surface area contributed by atoms with Crippen LogP contribution in [-0.2, 0) is 15.7 Å². The van der Waals surface area contributed by atoms with E-state index in [0.29, 0.717) is 5.69 Å². The highest BCUT2D eigenvalue weighted by atomic mass is 19.4. The first-order valence-electron chi connectivity index (χ1n) is 5.69. The summed E-state index contributed by atoms with van der Waals surface area (Å²) in [6.45, 7) is 0.281. The minimum absolute atomic E-state index is 0.107. The summed E-state index contributed by atoms with van der Waals surface area (Å²) in [7, 11) is 2.88. The third kappa shape index (κ3) is 3.88. The third-order valence-electron chi connectivity index (χ3n) is 2.75. The highest BCUT2D eigenvalue weighted by molar-refractivity contribution is 5.70. The zero-order valence-corrected chi connectivity index (χ0v) is 11.0. The number of carbonyl (C=O) groups excluding carboxylic acids is 1. The lowest BCUT2D eigenvalue weighted by Crippen LogP contribution is -2.22. The van der Waals surface area contributed by atoms with Crippen molar-refractivity contribution in [2.75, 3.05) is 25.6 Å². The Labute approximate surface area is 114 Å². The van der Waals surface area contributed by atoms with Gasteiger partial charge < -0.3 is 9.64 Å². The van der Waals surface area contributed by atoms with E-state index >= 15 is 0 Å². The average molecular weight is 286 g/mol. The van der Waals surface area contributed by atoms with Gasteiger partial charge in [0.2, 0.25) is 0 Å². The number of hydrogen-bond acceptors (Lipinski definition) is 4. The van der Waals surface area contributed by atoms with E-state index in [1.165, 1.54) is 19.2 Å². The highest BCUT2D eigenvalue weighted by Gasteiger charge is 2.33. The minimum Gasteiger partial charge on any atom is -0.469 e. The Hall–Kier alpha value is -2.23. The normalized spacial score (nSPS) is 10.8. The van der Waals surface area contributed by atoms with Gasteiger partial charge in [0.25, 0.3) is 0 Å². The van der Waals surface area contributed by atoms with Crippen molar-refractivity contribution in [1.29, 1.82) is 5.26 Å². The Morgan fingerprint density at radius 1 is 1.45 bits per heavy atom. The van der Waals surface area contributed by atoms with Gasteiger partial charge in [-0.25, -0.2) is 0 Å². The van der Waals surface area contributed by atoms with Gasteiger partial charge >= 0.3 is 12.1 Å². The van der Waals surface area contributed by atoms with Crippen LogP contribution >= 0.6 is 0 Å². The predicted octanol–water partition coefficient (Wildman–Crippen LogP) is 2.58. The van der Waals surface area contributed by atoms with Crippen molar-refractivity contribution < 1.29 is 22.7 Å². The van der Waals surface area contributed by atoms with Gasteiger partial charge in [0, 0.05) is 19.3 Å². The summed E-state index contributed by atoms with van der Waals surface area (Å²) in [5.74, 6) is -0.413. The Balaban J connectivity index is 2.93. The number of esters is 1. The molecule has 4 nitrogen and oxygen atoms in total. The summed E-state index contributed by atoms with van der Waals surface area (Å²) in [6.07, 6.45) is -4.45. The fourth-order valence-electron chi connectivity index (χ4n) is 1.60. The van der Waals surface area contributed by atoms with E-state index in [-0.39, 0.29) is 13.0 Å². The Morgan fingerprint density at radius 3 is 2.60 bits per heavy atom. The maximum atomic E-state index is 12.6. The molecule has 1 aromatic rings. The first-order chi connectivity index (χ1) is 9.29. The van der Waals surface area contributed by atoms with Crippen molar-refractivity contribution in [3.63, 3.8) is 0 Å². The summed E-state index contributed by atoms with van der Waals surface area (Å²) in [5.41, 5.74) is -0.983.